The second kappa shape index (κ2) is 3.94. The second-order valence-corrected chi connectivity index (χ2v) is 6.01. The minimum Gasteiger partial charge on any atom is -0.306 e. The van der Waals surface area contributed by atoms with Crippen LogP contribution in [0.1, 0.15) is 15.9 Å². The lowest BCUT2D eigenvalue weighted by Crippen LogP contribution is -2.20. The topological polar surface area (TPSA) is 53.0 Å². The lowest BCUT2D eigenvalue weighted by Gasteiger charge is -2.08. The van der Waals surface area contributed by atoms with Gasteiger partial charge in [-0.2, -0.15) is 0 Å². The van der Waals surface area contributed by atoms with E-state index in [1.807, 2.05) is 0 Å². The average Bonchev–Trinajstić information content (AvgIpc) is 2.47. The fourth-order valence-electron chi connectivity index (χ4n) is 1.32. The Morgan fingerprint density at radius 2 is 1.33 bits per heavy atom. The van der Waals surface area contributed by atoms with E-state index in [1.54, 1.807) is 0 Å². The van der Waals surface area contributed by atoms with Gasteiger partial charge in [-0.15, -0.1) is 0 Å². The normalized spacial score (nSPS) is 14.1. The van der Waals surface area contributed by atoms with Gasteiger partial charge >= 0.3 is 0 Å². The summed E-state index contributed by atoms with van der Waals surface area (Å²) in [6, 6.07) is 0. The molecule has 1 aliphatic heterocycles. The summed E-state index contributed by atoms with van der Waals surface area (Å²) in [4.78, 5) is 11.6. The standard InChI is InChI=1S/C8H2Br4N2O/c9-3-1-2(8(15)14-7(1)13)4(10)6(12)5(3)11/h(H2,13,14,15). The highest BCUT2D eigenvalue weighted by molar-refractivity contribution is 9.15. The van der Waals surface area contributed by atoms with Crippen molar-refractivity contribution in [2.45, 2.75) is 0 Å². The molecule has 0 atom stereocenters. The maximum atomic E-state index is 11.6. The second-order valence-electron chi connectivity index (χ2n) is 2.84. The third kappa shape index (κ3) is 1.64. The van der Waals surface area contributed by atoms with E-state index in [2.05, 4.69) is 69.0 Å². The van der Waals surface area contributed by atoms with Crippen LogP contribution in [0.15, 0.2) is 17.9 Å². The highest BCUT2D eigenvalue weighted by Gasteiger charge is 2.32. The van der Waals surface area contributed by atoms with Gasteiger partial charge in [-0.05, 0) is 63.7 Å². The summed E-state index contributed by atoms with van der Waals surface area (Å²) in [5.41, 5.74) is 1.05. The predicted octanol–water partition coefficient (Wildman–Crippen LogP) is 3.81. The van der Waals surface area contributed by atoms with Gasteiger partial charge in [-0.1, -0.05) is 0 Å². The molecule has 0 aliphatic carbocycles. The van der Waals surface area contributed by atoms with E-state index < -0.39 is 0 Å². The quantitative estimate of drug-likeness (QED) is 0.448. The number of halogens is 4. The van der Waals surface area contributed by atoms with Crippen molar-refractivity contribution in [1.29, 1.82) is 5.41 Å². The van der Waals surface area contributed by atoms with Gasteiger partial charge in [0.05, 0.1) is 5.56 Å². The van der Waals surface area contributed by atoms with Crippen LogP contribution in [-0.2, 0) is 0 Å². The number of carbonyl (C=O) groups excluding carboxylic acids is 1. The summed E-state index contributed by atoms with van der Waals surface area (Å²) < 4.78 is 2.86. The molecule has 0 spiro atoms. The molecular formula is C8H2Br4N2O. The molecule has 78 valence electrons. The Kier molecular flexibility index (Phi) is 3.09. The van der Waals surface area contributed by atoms with Crippen molar-refractivity contribution in [3.63, 3.8) is 0 Å². The molecule has 2 N–H and O–H groups in total. The molecule has 1 heterocycles. The van der Waals surface area contributed by atoms with Crippen molar-refractivity contribution in [2.24, 2.45) is 0 Å². The first-order chi connectivity index (χ1) is 6.95. The number of amidine groups is 1. The molecule has 2 rings (SSSR count). The Balaban J connectivity index is 2.92. The lowest BCUT2D eigenvalue weighted by molar-refractivity contribution is 0.0982. The number of carbonyl (C=O) groups is 1. The van der Waals surface area contributed by atoms with Gasteiger partial charge in [0.15, 0.2) is 0 Å². The van der Waals surface area contributed by atoms with Crippen LogP contribution in [0.25, 0.3) is 0 Å². The zero-order chi connectivity index (χ0) is 11.3. The van der Waals surface area contributed by atoms with E-state index in [0.717, 1.165) is 8.95 Å². The molecule has 0 bridgehead atoms. The van der Waals surface area contributed by atoms with Gasteiger partial charge in [0, 0.05) is 23.5 Å². The average molecular weight is 462 g/mol. The van der Waals surface area contributed by atoms with Crippen LogP contribution in [0, 0.1) is 5.41 Å². The van der Waals surface area contributed by atoms with E-state index in [-0.39, 0.29) is 11.7 Å². The fraction of sp³-hybridized carbons (Fsp3) is 0. The Morgan fingerprint density at radius 3 is 1.87 bits per heavy atom. The molecule has 0 saturated heterocycles. The van der Waals surface area contributed by atoms with Crippen molar-refractivity contribution in [2.75, 3.05) is 0 Å². The Morgan fingerprint density at radius 1 is 0.867 bits per heavy atom. The summed E-state index contributed by atoms with van der Waals surface area (Å²) >= 11 is 13.4. The smallest absolute Gasteiger partial charge is 0.258 e. The highest BCUT2D eigenvalue weighted by Crippen LogP contribution is 2.43. The number of hydrogen-bond acceptors (Lipinski definition) is 2. The maximum Gasteiger partial charge on any atom is 0.258 e. The van der Waals surface area contributed by atoms with Crippen molar-refractivity contribution in [3.05, 3.63) is 29.0 Å². The lowest BCUT2D eigenvalue weighted by atomic mass is 10.1. The zero-order valence-electron chi connectivity index (χ0n) is 6.92. The minimum absolute atomic E-state index is 0.107. The summed E-state index contributed by atoms with van der Waals surface area (Å²) in [6.45, 7) is 0. The first-order valence-electron chi connectivity index (χ1n) is 3.71. The van der Waals surface area contributed by atoms with Gasteiger partial charge in [0.1, 0.15) is 5.84 Å². The summed E-state index contributed by atoms with van der Waals surface area (Å²) in [5.74, 6) is -0.161. The zero-order valence-corrected chi connectivity index (χ0v) is 13.3. The SMILES string of the molecule is N=C1NC(=O)c2c(Br)c(Br)c(Br)c(Br)c21. The van der Waals surface area contributed by atoms with Crippen LogP contribution in [0.2, 0.25) is 0 Å². The summed E-state index contributed by atoms with van der Waals surface area (Å²) in [6.07, 6.45) is 0. The molecule has 0 unspecified atom stereocenters. The van der Waals surface area contributed by atoms with Crippen LogP contribution in [0.4, 0.5) is 0 Å². The molecule has 1 aromatic rings. The molecule has 7 heteroatoms. The van der Waals surface area contributed by atoms with E-state index >= 15 is 0 Å². The third-order valence-electron chi connectivity index (χ3n) is 1.98. The van der Waals surface area contributed by atoms with Gasteiger partial charge < -0.3 is 5.32 Å². The van der Waals surface area contributed by atoms with Gasteiger partial charge in [-0.25, -0.2) is 0 Å². The maximum absolute atomic E-state index is 11.6. The molecule has 0 aromatic heterocycles. The number of benzene rings is 1. The summed E-state index contributed by atoms with van der Waals surface area (Å²) in [7, 11) is 0. The Bertz CT molecular complexity index is 467. The van der Waals surface area contributed by atoms with Crippen molar-refractivity contribution >= 4 is 75.5 Å². The van der Waals surface area contributed by atoms with Gasteiger partial charge in [0.25, 0.3) is 5.91 Å². The Labute approximate surface area is 119 Å². The van der Waals surface area contributed by atoms with E-state index in [0.29, 0.717) is 20.1 Å². The molecule has 3 nitrogen and oxygen atoms in total. The first-order valence-corrected chi connectivity index (χ1v) is 6.88. The molecule has 15 heavy (non-hydrogen) atoms. The highest BCUT2D eigenvalue weighted by atomic mass is 79.9. The molecule has 0 fully saturated rings. The fourth-order valence-corrected chi connectivity index (χ4v) is 3.81. The van der Waals surface area contributed by atoms with Crippen LogP contribution < -0.4 is 5.32 Å². The van der Waals surface area contributed by atoms with Crippen LogP contribution >= 0.6 is 63.7 Å². The monoisotopic (exact) mass is 458 g/mol. The largest absolute Gasteiger partial charge is 0.306 e. The minimum atomic E-state index is -0.268. The number of fused-ring (bicyclic) bond motifs is 1. The third-order valence-corrected chi connectivity index (χ3v) is 6.75. The number of rotatable bonds is 0. The van der Waals surface area contributed by atoms with E-state index in [4.69, 9.17) is 5.41 Å². The number of hydrogen-bond donors (Lipinski definition) is 2. The molecule has 1 aromatic carbocycles. The summed E-state index contributed by atoms with van der Waals surface area (Å²) in [5, 5.41) is 10.1. The number of nitrogens with one attached hydrogen (secondary N) is 2. The van der Waals surface area contributed by atoms with E-state index in [1.165, 1.54) is 0 Å². The van der Waals surface area contributed by atoms with Crippen LogP contribution in [0.5, 0.6) is 0 Å². The van der Waals surface area contributed by atoms with Gasteiger partial charge in [0.2, 0.25) is 0 Å². The first kappa shape index (κ1) is 11.8. The molecular weight excluding hydrogens is 460 g/mol. The molecule has 1 aliphatic rings. The van der Waals surface area contributed by atoms with Crippen molar-refractivity contribution in [1.82, 2.24) is 5.32 Å². The van der Waals surface area contributed by atoms with Gasteiger partial charge in [-0.3, -0.25) is 10.2 Å². The van der Waals surface area contributed by atoms with Crippen molar-refractivity contribution < 1.29 is 4.79 Å². The number of amides is 1. The Hall–Kier alpha value is 0.280. The van der Waals surface area contributed by atoms with E-state index in [9.17, 15) is 4.79 Å². The van der Waals surface area contributed by atoms with Crippen LogP contribution in [-0.4, -0.2) is 11.7 Å². The van der Waals surface area contributed by atoms with Crippen molar-refractivity contribution in [3.8, 4) is 0 Å². The molecule has 1 amide bonds. The molecule has 0 saturated carbocycles. The van der Waals surface area contributed by atoms with Crippen LogP contribution in [0.3, 0.4) is 0 Å². The molecule has 0 radical (unpaired) electrons. The predicted molar refractivity (Wildman–Crippen MR) is 71.5 cm³/mol.